The Morgan fingerprint density at radius 3 is 2.75 bits per heavy atom. The van der Waals surface area contributed by atoms with Crippen molar-refractivity contribution in [2.75, 3.05) is 16.8 Å². The second-order valence-corrected chi connectivity index (χ2v) is 4.12. The molecule has 1 aliphatic rings. The van der Waals surface area contributed by atoms with Crippen molar-refractivity contribution in [2.45, 2.75) is 13.3 Å². The SMILES string of the molecule is C1=CCN(c2cccnc2)C=C1.CCCBr. The molecule has 0 fully saturated rings. The topological polar surface area (TPSA) is 16.1 Å². The van der Waals surface area contributed by atoms with Crippen LogP contribution in [0.4, 0.5) is 5.69 Å². The molecule has 86 valence electrons. The van der Waals surface area contributed by atoms with Crippen molar-refractivity contribution in [2.24, 2.45) is 0 Å². The highest BCUT2D eigenvalue weighted by Gasteiger charge is 2.01. The lowest BCUT2D eigenvalue weighted by Crippen LogP contribution is -2.17. The number of aromatic nitrogens is 1. The first-order chi connectivity index (χ1) is 7.88. The summed E-state index contributed by atoms with van der Waals surface area (Å²) in [4.78, 5) is 6.21. The lowest BCUT2D eigenvalue weighted by molar-refractivity contribution is 1.06. The molecule has 2 heterocycles. The van der Waals surface area contributed by atoms with Crippen LogP contribution in [0.3, 0.4) is 0 Å². The third-order valence-electron chi connectivity index (χ3n) is 1.98. The number of hydrogen-bond acceptors (Lipinski definition) is 2. The maximum atomic E-state index is 4.06. The summed E-state index contributed by atoms with van der Waals surface area (Å²) in [7, 11) is 0. The van der Waals surface area contributed by atoms with Gasteiger partial charge in [0.1, 0.15) is 0 Å². The largest absolute Gasteiger partial charge is 0.343 e. The van der Waals surface area contributed by atoms with E-state index in [2.05, 4.69) is 51.1 Å². The summed E-state index contributed by atoms with van der Waals surface area (Å²) >= 11 is 3.25. The number of alkyl halides is 1. The van der Waals surface area contributed by atoms with Gasteiger partial charge in [-0.2, -0.15) is 0 Å². The van der Waals surface area contributed by atoms with Gasteiger partial charge < -0.3 is 4.90 Å². The van der Waals surface area contributed by atoms with Gasteiger partial charge in [-0.25, -0.2) is 0 Å². The maximum Gasteiger partial charge on any atom is 0.0595 e. The van der Waals surface area contributed by atoms with Gasteiger partial charge in [-0.15, -0.1) is 0 Å². The molecule has 0 unspecified atom stereocenters. The van der Waals surface area contributed by atoms with E-state index in [1.54, 1.807) is 6.20 Å². The van der Waals surface area contributed by atoms with E-state index >= 15 is 0 Å². The van der Waals surface area contributed by atoms with Crippen molar-refractivity contribution in [1.82, 2.24) is 4.98 Å². The van der Waals surface area contributed by atoms with Crippen molar-refractivity contribution in [3.63, 3.8) is 0 Å². The maximum absolute atomic E-state index is 4.06. The molecule has 16 heavy (non-hydrogen) atoms. The summed E-state index contributed by atoms with van der Waals surface area (Å²) in [5.41, 5.74) is 1.14. The molecule has 0 saturated heterocycles. The normalized spacial score (nSPS) is 13.2. The summed E-state index contributed by atoms with van der Waals surface area (Å²) in [6, 6.07) is 4.00. The van der Waals surface area contributed by atoms with E-state index in [0.29, 0.717) is 0 Å². The van der Waals surface area contributed by atoms with Gasteiger partial charge in [-0.1, -0.05) is 35.0 Å². The number of pyridine rings is 1. The molecule has 0 radical (unpaired) electrons. The minimum absolute atomic E-state index is 0.933. The van der Waals surface area contributed by atoms with Crippen LogP contribution < -0.4 is 4.90 Å². The summed E-state index contributed by atoms with van der Waals surface area (Å²) in [5, 5.41) is 1.13. The van der Waals surface area contributed by atoms with Gasteiger partial charge in [0.25, 0.3) is 0 Å². The lowest BCUT2D eigenvalue weighted by atomic mass is 10.3. The highest BCUT2D eigenvalue weighted by Crippen LogP contribution is 2.13. The second kappa shape index (κ2) is 8.11. The summed E-state index contributed by atoms with van der Waals surface area (Å²) in [6.45, 7) is 3.07. The molecule has 2 nitrogen and oxygen atoms in total. The number of anilines is 1. The van der Waals surface area contributed by atoms with Crippen LogP contribution in [0.15, 0.2) is 49.0 Å². The van der Waals surface area contributed by atoms with E-state index in [1.807, 2.05) is 24.4 Å². The zero-order valence-corrected chi connectivity index (χ0v) is 11.1. The first kappa shape index (κ1) is 13.0. The van der Waals surface area contributed by atoms with Gasteiger partial charge in [0.15, 0.2) is 0 Å². The average Bonchev–Trinajstić information content (AvgIpc) is 2.41. The third kappa shape index (κ3) is 4.62. The fourth-order valence-electron chi connectivity index (χ4n) is 1.18. The molecule has 0 spiro atoms. The Bertz CT molecular complexity index is 331. The minimum atomic E-state index is 0.933. The fraction of sp³-hybridized carbons (Fsp3) is 0.308. The Hall–Kier alpha value is -1.09. The number of allylic oxidation sites excluding steroid dienone is 2. The van der Waals surface area contributed by atoms with Gasteiger partial charge in [0.2, 0.25) is 0 Å². The van der Waals surface area contributed by atoms with E-state index in [0.717, 1.165) is 17.6 Å². The fourth-order valence-corrected chi connectivity index (χ4v) is 1.18. The second-order valence-electron chi connectivity index (χ2n) is 3.32. The molecule has 0 N–H and O–H groups in total. The standard InChI is InChI=1S/C10H10N2.C3H7Br/c1-2-7-12(8-3-1)10-5-4-6-11-9-10;1-2-3-4/h1-7,9H,8H2;2-3H2,1H3. The van der Waals surface area contributed by atoms with E-state index in [-0.39, 0.29) is 0 Å². The third-order valence-corrected chi connectivity index (χ3v) is 2.77. The van der Waals surface area contributed by atoms with E-state index in [9.17, 15) is 0 Å². The monoisotopic (exact) mass is 280 g/mol. The zero-order valence-electron chi connectivity index (χ0n) is 9.51. The predicted octanol–water partition coefficient (Wildman–Crippen LogP) is 3.76. The van der Waals surface area contributed by atoms with Crippen LogP contribution in [0.2, 0.25) is 0 Å². The Morgan fingerprint density at radius 1 is 1.44 bits per heavy atom. The smallest absolute Gasteiger partial charge is 0.0595 e. The molecule has 0 aromatic carbocycles. The van der Waals surface area contributed by atoms with Gasteiger partial charge in [0.05, 0.1) is 11.9 Å². The van der Waals surface area contributed by atoms with Crippen LogP contribution in [-0.2, 0) is 0 Å². The molecule has 1 aromatic rings. The van der Waals surface area contributed by atoms with Crippen molar-refractivity contribution in [3.05, 3.63) is 49.0 Å². The van der Waals surface area contributed by atoms with Crippen molar-refractivity contribution in [3.8, 4) is 0 Å². The number of rotatable bonds is 2. The Labute approximate surface area is 106 Å². The van der Waals surface area contributed by atoms with Crippen LogP contribution in [0.1, 0.15) is 13.3 Å². The zero-order chi connectivity index (χ0) is 11.6. The summed E-state index contributed by atoms with van der Waals surface area (Å²) in [6.07, 6.45) is 13.1. The molecule has 0 amide bonds. The number of nitrogens with zero attached hydrogens (tertiary/aromatic N) is 2. The number of hydrogen-bond donors (Lipinski definition) is 0. The highest BCUT2D eigenvalue weighted by molar-refractivity contribution is 9.09. The molecule has 2 rings (SSSR count). The summed E-state index contributed by atoms with van der Waals surface area (Å²) in [5.74, 6) is 0. The molecular weight excluding hydrogens is 264 g/mol. The van der Waals surface area contributed by atoms with Gasteiger partial charge in [-0.3, -0.25) is 4.98 Å². The lowest BCUT2D eigenvalue weighted by Gasteiger charge is -2.19. The molecule has 0 saturated carbocycles. The van der Waals surface area contributed by atoms with E-state index in [1.165, 1.54) is 6.42 Å². The van der Waals surface area contributed by atoms with Crippen LogP contribution in [0.5, 0.6) is 0 Å². The molecule has 1 aromatic heterocycles. The predicted molar refractivity (Wildman–Crippen MR) is 73.9 cm³/mol. The van der Waals surface area contributed by atoms with Crippen LogP contribution in [-0.4, -0.2) is 16.9 Å². The van der Waals surface area contributed by atoms with E-state index in [4.69, 9.17) is 0 Å². The molecule has 1 aliphatic heterocycles. The quantitative estimate of drug-likeness (QED) is 0.767. The Kier molecular flexibility index (Phi) is 6.58. The number of halogens is 1. The van der Waals surface area contributed by atoms with Crippen LogP contribution >= 0.6 is 15.9 Å². The van der Waals surface area contributed by atoms with Crippen molar-refractivity contribution >= 4 is 21.6 Å². The molecule has 3 heteroatoms. The molecule has 0 bridgehead atoms. The van der Waals surface area contributed by atoms with Crippen molar-refractivity contribution < 1.29 is 0 Å². The molecular formula is C13H17BrN2. The van der Waals surface area contributed by atoms with Crippen LogP contribution in [0.25, 0.3) is 0 Å². The van der Waals surface area contributed by atoms with Gasteiger partial charge in [0, 0.05) is 24.3 Å². The van der Waals surface area contributed by atoms with E-state index < -0.39 is 0 Å². The van der Waals surface area contributed by atoms with Crippen LogP contribution in [0, 0.1) is 0 Å². The minimum Gasteiger partial charge on any atom is -0.343 e. The summed E-state index contributed by atoms with van der Waals surface area (Å²) < 4.78 is 0. The highest BCUT2D eigenvalue weighted by atomic mass is 79.9. The molecule has 0 atom stereocenters. The van der Waals surface area contributed by atoms with Gasteiger partial charge >= 0.3 is 0 Å². The Morgan fingerprint density at radius 2 is 2.25 bits per heavy atom. The first-order valence-electron chi connectivity index (χ1n) is 5.44. The van der Waals surface area contributed by atoms with Crippen molar-refractivity contribution in [1.29, 1.82) is 0 Å². The Balaban J connectivity index is 0.000000280. The van der Waals surface area contributed by atoms with Gasteiger partial charge in [-0.05, 0) is 24.6 Å². The molecule has 0 aliphatic carbocycles. The average molecular weight is 281 g/mol. The first-order valence-corrected chi connectivity index (χ1v) is 6.56.